The minimum atomic E-state index is -0.624. The maximum absolute atomic E-state index is 12.5. The third kappa shape index (κ3) is 3.42. The Labute approximate surface area is 133 Å². The van der Waals surface area contributed by atoms with Crippen molar-refractivity contribution in [1.82, 2.24) is 9.88 Å². The van der Waals surface area contributed by atoms with Crippen LogP contribution in [0.3, 0.4) is 0 Å². The van der Waals surface area contributed by atoms with E-state index >= 15 is 0 Å². The number of ether oxygens (including phenoxy) is 1. The standard InChI is InChI=1S/C17H16N2O4/c1-19(2)16(21)12-8-6-11(7-9-12)15(20)14-13(17(22)23-3)5-4-10-18-14/h4-10H,1-3H3. The lowest BCUT2D eigenvalue weighted by Gasteiger charge is -2.10. The van der Waals surface area contributed by atoms with Gasteiger partial charge in [-0.2, -0.15) is 0 Å². The molecular formula is C17H16N2O4. The number of rotatable bonds is 4. The topological polar surface area (TPSA) is 76.6 Å². The molecule has 1 heterocycles. The molecule has 6 heteroatoms. The highest BCUT2D eigenvalue weighted by Crippen LogP contribution is 2.14. The van der Waals surface area contributed by atoms with Crippen LogP contribution >= 0.6 is 0 Å². The van der Waals surface area contributed by atoms with E-state index in [-0.39, 0.29) is 17.2 Å². The maximum Gasteiger partial charge on any atom is 0.340 e. The minimum absolute atomic E-state index is 0.0195. The highest BCUT2D eigenvalue weighted by atomic mass is 16.5. The van der Waals surface area contributed by atoms with Gasteiger partial charge in [0, 0.05) is 31.4 Å². The van der Waals surface area contributed by atoms with Gasteiger partial charge in [0.05, 0.1) is 12.7 Å². The molecule has 0 aliphatic heterocycles. The highest BCUT2D eigenvalue weighted by molar-refractivity contribution is 6.13. The number of benzene rings is 1. The van der Waals surface area contributed by atoms with Gasteiger partial charge in [0.15, 0.2) is 0 Å². The van der Waals surface area contributed by atoms with Crippen LogP contribution in [0.15, 0.2) is 42.6 Å². The van der Waals surface area contributed by atoms with Gasteiger partial charge in [-0.3, -0.25) is 14.6 Å². The van der Waals surface area contributed by atoms with Gasteiger partial charge in [0.2, 0.25) is 5.78 Å². The molecule has 6 nitrogen and oxygen atoms in total. The van der Waals surface area contributed by atoms with Crippen LogP contribution in [-0.4, -0.2) is 48.7 Å². The molecule has 2 rings (SSSR count). The van der Waals surface area contributed by atoms with Gasteiger partial charge in [-0.05, 0) is 24.3 Å². The first kappa shape index (κ1) is 16.4. The third-order valence-corrected chi connectivity index (χ3v) is 3.23. The second kappa shape index (κ2) is 6.83. The number of nitrogens with zero attached hydrogens (tertiary/aromatic N) is 2. The van der Waals surface area contributed by atoms with Crippen LogP contribution in [-0.2, 0) is 4.74 Å². The quantitative estimate of drug-likeness (QED) is 0.635. The SMILES string of the molecule is COC(=O)c1cccnc1C(=O)c1ccc(C(=O)N(C)C)cc1. The number of pyridine rings is 1. The van der Waals surface area contributed by atoms with Gasteiger partial charge in [-0.1, -0.05) is 12.1 Å². The predicted molar refractivity (Wildman–Crippen MR) is 83.5 cm³/mol. The zero-order valence-corrected chi connectivity index (χ0v) is 13.1. The summed E-state index contributed by atoms with van der Waals surface area (Å²) in [4.78, 5) is 41.5. The van der Waals surface area contributed by atoms with Crippen molar-refractivity contribution in [2.45, 2.75) is 0 Å². The normalized spacial score (nSPS) is 10.0. The Morgan fingerprint density at radius 1 is 1.00 bits per heavy atom. The number of hydrogen-bond acceptors (Lipinski definition) is 5. The van der Waals surface area contributed by atoms with Crippen LogP contribution in [0, 0.1) is 0 Å². The number of ketones is 1. The van der Waals surface area contributed by atoms with E-state index in [1.54, 1.807) is 32.3 Å². The molecule has 1 aromatic heterocycles. The van der Waals surface area contributed by atoms with Crippen molar-refractivity contribution in [2.75, 3.05) is 21.2 Å². The molecule has 0 aliphatic carbocycles. The Hall–Kier alpha value is -3.02. The first-order valence-corrected chi connectivity index (χ1v) is 6.85. The van der Waals surface area contributed by atoms with Crippen LogP contribution in [0.4, 0.5) is 0 Å². The largest absolute Gasteiger partial charge is 0.465 e. The van der Waals surface area contributed by atoms with Crippen LogP contribution in [0.2, 0.25) is 0 Å². The molecule has 0 bridgehead atoms. The Morgan fingerprint density at radius 3 is 2.17 bits per heavy atom. The van der Waals surface area contributed by atoms with Gasteiger partial charge >= 0.3 is 5.97 Å². The lowest BCUT2D eigenvalue weighted by molar-refractivity contribution is 0.0596. The van der Waals surface area contributed by atoms with E-state index in [9.17, 15) is 14.4 Å². The van der Waals surface area contributed by atoms with Crippen molar-refractivity contribution >= 4 is 17.7 Å². The summed E-state index contributed by atoms with van der Waals surface area (Å²) in [7, 11) is 4.54. The number of esters is 1. The summed E-state index contributed by atoms with van der Waals surface area (Å²) in [6.07, 6.45) is 1.43. The molecule has 0 spiro atoms. The van der Waals surface area contributed by atoms with Crippen molar-refractivity contribution in [3.05, 3.63) is 65.0 Å². The van der Waals surface area contributed by atoms with Gasteiger partial charge in [-0.25, -0.2) is 4.79 Å². The molecule has 1 aromatic carbocycles. The highest BCUT2D eigenvalue weighted by Gasteiger charge is 2.20. The second-order valence-corrected chi connectivity index (χ2v) is 5.00. The molecular weight excluding hydrogens is 296 g/mol. The summed E-state index contributed by atoms with van der Waals surface area (Å²) < 4.78 is 4.66. The Kier molecular flexibility index (Phi) is 4.85. The molecule has 0 saturated heterocycles. The lowest BCUT2D eigenvalue weighted by atomic mass is 10.0. The fraction of sp³-hybridized carbons (Fsp3) is 0.176. The van der Waals surface area contributed by atoms with E-state index in [1.165, 1.54) is 36.4 Å². The molecule has 0 N–H and O–H groups in total. The van der Waals surface area contributed by atoms with Gasteiger partial charge < -0.3 is 9.64 Å². The van der Waals surface area contributed by atoms with Crippen molar-refractivity contribution in [1.29, 1.82) is 0 Å². The third-order valence-electron chi connectivity index (χ3n) is 3.23. The van der Waals surface area contributed by atoms with Crippen LogP contribution < -0.4 is 0 Å². The summed E-state index contributed by atoms with van der Waals surface area (Å²) in [5, 5.41) is 0. The van der Waals surface area contributed by atoms with Crippen LogP contribution in [0.25, 0.3) is 0 Å². The molecule has 2 aromatic rings. The molecule has 118 valence electrons. The first-order valence-electron chi connectivity index (χ1n) is 6.85. The summed E-state index contributed by atoms with van der Waals surface area (Å²) in [5.74, 6) is -1.19. The number of carbonyl (C=O) groups excluding carboxylic acids is 3. The first-order chi connectivity index (χ1) is 11.0. The number of carbonyl (C=O) groups is 3. The molecule has 0 aliphatic rings. The zero-order valence-electron chi connectivity index (χ0n) is 13.1. The molecule has 0 atom stereocenters. The average Bonchev–Trinajstić information content (AvgIpc) is 2.59. The second-order valence-electron chi connectivity index (χ2n) is 5.00. The van der Waals surface area contributed by atoms with E-state index in [0.717, 1.165) is 0 Å². The molecule has 0 radical (unpaired) electrons. The van der Waals surface area contributed by atoms with E-state index in [4.69, 9.17) is 0 Å². The average molecular weight is 312 g/mol. The van der Waals surface area contributed by atoms with E-state index in [1.807, 2.05) is 0 Å². The van der Waals surface area contributed by atoms with Crippen molar-refractivity contribution in [3.8, 4) is 0 Å². The van der Waals surface area contributed by atoms with Crippen molar-refractivity contribution < 1.29 is 19.1 Å². The van der Waals surface area contributed by atoms with Gasteiger partial charge in [-0.15, -0.1) is 0 Å². The van der Waals surface area contributed by atoms with Crippen molar-refractivity contribution in [2.24, 2.45) is 0 Å². The van der Waals surface area contributed by atoms with Gasteiger partial charge in [0.25, 0.3) is 5.91 Å². The molecule has 23 heavy (non-hydrogen) atoms. The summed E-state index contributed by atoms with van der Waals surface area (Å²) >= 11 is 0. The number of amides is 1. The van der Waals surface area contributed by atoms with Crippen LogP contribution in [0.5, 0.6) is 0 Å². The van der Waals surface area contributed by atoms with Gasteiger partial charge in [0.1, 0.15) is 5.69 Å². The molecule has 0 unspecified atom stereocenters. The van der Waals surface area contributed by atoms with E-state index in [0.29, 0.717) is 11.1 Å². The number of hydrogen-bond donors (Lipinski definition) is 0. The van der Waals surface area contributed by atoms with E-state index in [2.05, 4.69) is 9.72 Å². The monoisotopic (exact) mass is 312 g/mol. The fourth-order valence-corrected chi connectivity index (χ4v) is 2.02. The predicted octanol–water partition coefficient (Wildman–Crippen LogP) is 1.80. The molecule has 1 amide bonds. The molecule has 0 fully saturated rings. The smallest absolute Gasteiger partial charge is 0.340 e. The number of aromatic nitrogens is 1. The number of methoxy groups -OCH3 is 1. The fourth-order valence-electron chi connectivity index (χ4n) is 2.02. The van der Waals surface area contributed by atoms with E-state index < -0.39 is 11.8 Å². The minimum Gasteiger partial charge on any atom is -0.465 e. The lowest BCUT2D eigenvalue weighted by Crippen LogP contribution is -2.21. The Bertz CT molecular complexity index is 751. The summed E-state index contributed by atoms with van der Waals surface area (Å²) in [6.45, 7) is 0. The Morgan fingerprint density at radius 2 is 1.61 bits per heavy atom. The van der Waals surface area contributed by atoms with Crippen molar-refractivity contribution in [3.63, 3.8) is 0 Å². The summed E-state index contributed by atoms with van der Waals surface area (Å²) in [6, 6.07) is 9.24. The maximum atomic E-state index is 12.5. The molecule has 0 saturated carbocycles. The Balaban J connectivity index is 2.35. The van der Waals surface area contributed by atoms with Crippen LogP contribution in [0.1, 0.15) is 36.8 Å². The zero-order chi connectivity index (χ0) is 17.0. The summed E-state index contributed by atoms with van der Waals surface area (Å²) in [5.41, 5.74) is 0.935.